The monoisotopic (exact) mass is 179 g/mol. The van der Waals surface area contributed by atoms with Crippen molar-refractivity contribution in [2.24, 2.45) is 0 Å². The number of para-hydroxylation sites is 1. The molecule has 0 bridgehead atoms. The lowest BCUT2D eigenvalue weighted by molar-refractivity contribution is -0.116. The molecule has 72 valence electrons. The van der Waals surface area contributed by atoms with Crippen LogP contribution in [0.25, 0.3) is 0 Å². The highest BCUT2D eigenvalue weighted by Crippen LogP contribution is 2.10. The molecule has 2 heteroatoms. The number of amides is 1. The first kappa shape index (κ1) is 11.7. The number of anilines is 1. The summed E-state index contributed by atoms with van der Waals surface area (Å²) in [6.07, 6.45) is 0. The van der Waals surface area contributed by atoms with Crippen LogP contribution >= 0.6 is 0 Å². The Balaban J connectivity index is 0.000000671. The third kappa shape index (κ3) is 3.74. The van der Waals surface area contributed by atoms with E-state index < -0.39 is 0 Å². The Morgan fingerprint density at radius 2 is 1.62 bits per heavy atom. The van der Waals surface area contributed by atoms with Crippen LogP contribution in [0.1, 0.15) is 20.8 Å². The SMILES string of the molecule is CC.CC(=O)N(C)c1ccccc1. The fraction of sp³-hybridized carbons (Fsp3) is 0.364. The zero-order valence-electron chi connectivity index (χ0n) is 8.74. The quantitative estimate of drug-likeness (QED) is 0.649. The summed E-state index contributed by atoms with van der Waals surface area (Å²) < 4.78 is 0. The van der Waals surface area contributed by atoms with E-state index in [4.69, 9.17) is 0 Å². The Morgan fingerprint density at radius 1 is 1.15 bits per heavy atom. The molecule has 0 spiro atoms. The van der Waals surface area contributed by atoms with E-state index in [2.05, 4.69) is 0 Å². The Labute approximate surface area is 80.2 Å². The molecule has 0 aliphatic carbocycles. The Hall–Kier alpha value is -1.31. The molecule has 1 aromatic carbocycles. The first-order valence-electron chi connectivity index (χ1n) is 4.51. The summed E-state index contributed by atoms with van der Waals surface area (Å²) in [7, 11) is 1.76. The number of carbonyl (C=O) groups is 1. The van der Waals surface area contributed by atoms with E-state index in [0.717, 1.165) is 5.69 Å². The Kier molecular flexibility index (Phi) is 5.60. The third-order valence-electron chi connectivity index (χ3n) is 1.62. The minimum Gasteiger partial charge on any atom is -0.316 e. The summed E-state index contributed by atoms with van der Waals surface area (Å²) in [5, 5.41) is 0. The fourth-order valence-corrected chi connectivity index (χ4v) is 0.833. The summed E-state index contributed by atoms with van der Waals surface area (Å²) in [6, 6.07) is 9.56. The molecule has 1 rings (SSSR count). The van der Waals surface area contributed by atoms with Crippen molar-refractivity contribution >= 4 is 11.6 Å². The average Bonchev–Trinajstić information content (AvgIpc) is 2.21. The van der Waals surface area contributed by atoms with Gasteiger partial charge in [0.15, 0.2) is 0 Å². The standard InChI is InChI=1S/C9H11NO.C2H6/c1-8(11)10(2)9-6-4-3-5-7-9;1-2/h3-7H,1-2H3;1-2H3. The molecule has 1 amide bonds. The van der Waals surface area contributed by atoms with Gasteiger partial charge in [0, 0.05) is 19.7 Å². The van der Waals surface area contributed by atoms with Crippen LogP contribution in [0.4, 0.5) is 5.69 Å². The maximum atomic E-state index is 10.9. The summed E-state index contributed by atoms with van der Waals surface area (Å²) in [6.45, 7) is 5.55. The third-order valence-corrected chi connectivity index (χ3v) is 1.62. The van der Waals surface area contributed by atoms with Crippen molar-refractivity contribution in [3.63, 3.8) is 0 Å². The number of carbonyl (C=O) groups excluding carboxylic acids is 1. The van der Waals surface area contributed by atoms with Gasteiger partial charge in [0.05, 0.1) is 0 Å². The average molecular weight is 179 g/mol. The van der Waals surface area contributed by atoms with Crippen molar-refractivity contribution in [3.8, 4) is 0 Å². The van der Waals surface area contributed by atoms with E-state index in [1.807, 2.05) is 44.2 Å². The van der Waals surface area contributed by atoms with Gasteiger partial charge < -0.3 is 4.90 Å². The molecule has 0 N–H and O–H groups in total. The van der Waals surface area contributed by atoms with Crippen LogP contribution in [0.2, 0.25) is 0 Å². The van der Waals surface area contributed by atoms with Crippen LogP contribution in [0, 0.1) is 0 Å². The predicted octanol–water partition coefficient (Wildman–Crippen LogP) is 2.70. The molecule has 0 aliphatic heterocycles. The first-order valence-corrected chi connectivity index (χ1v) is 4.51. The van der Waals surface area contributed by atoms with Crippen LogP contribution in [0.5, 0.6) is 0 Å². The van der Waals surface area contributed by atoms with Crippen LogP contribution < -0.4 is 4.90 Å². The molecule has 0 aromatic heterocycles. The number of hydrogen-bond acceptors (Lipinski definition) is 1. The van der Waals surface area contributed by atoms with Crippen molar-refractivity contribution in [2.45, 2.75) is 20.8 Å². The summed E-state index contributed by atoms with van der Waals surface area (Å²) in [4.78, 5) is 12.5. The van der Waals surface area contributed by atoms with E-state index in [1.54, 1.807) is 18.9 Å². The van der Waals surface area contributed by atoms with Gasteiger partial charge >= 0.3 is 0 Å². The number of nitrogens with zero attached hydrogens (tertiary/aromatic N) is 1. The highest BCUT2D eigenvalue weighted by molar-refractivity contribution is 5.90. The molecule has 0 atom stereocenters. The zero-order chi connectivity index (χ0) is 10.3. The van der Waals surface area contributed by atoms with Crippen LogP contribution in [0.3, 0.4) is 0 Å². The lowest BCUT2D eigenvalue weighted by Crippen LogP contribution is -2.22. The minimum atomic E-state index is 0.0520. The van der Waals surface area contributed by atoms with E-state index in [1.165, 1.54) is 0 Å². The molecule has 1 aromatic rings. The van der Waals surface area contributed by atoms with E-state index >= 15 is 0 Å². The summed E-state index contributed by atoms with van der Waals surface area (Å²) in [5.74, 6) is 0.0520. The summed E-state index contributed by atoms with van der Waals surface area (Å²) in [5.41, 5.74) is 0.931. The Morgan fingerprint density at radius 3 is 2.00 bits per heavy atom. The van der Waals surface area contributed by atoms with Gasteiger partial charge in [0.25, 0.3) is 0 Å². The van der Waals surface area contributed by atoms with Gasteiger partial charge in [0.2, 0.25) is 5.91 Å². The molecule has 13 heavy (non-hydrogen) atoms. The molecule has 2 nitrogen and oxygen atoms in total. The molecule has 0 fully saturated rings. The van der Waals surface area contributed by atoms with Gasteiger partial charge in [-0.2, -0.15) is 0 Å². The second-order valence-electron chi connectivity index (χ2n) is 2.41. The zero-order valence-corrected chi connectivity index (χ0v) is 8.74. The molecule has 0 radical (unpaired) electrons. The predicted molar refractivity (Wildman–Crippen MR) is 56.9 cm³/mol. The van der Waals surface area contributed by atoms with Gasteiger partial charge in [-0.3, -0.25) is 4.79 Å². The molecular formula is C11H17NO. The highest BCUT2D eigenvalue weighted by atomic mass is 16.2. The number of benzene rings is 1. The van der Waals surface area contributed by atoms with Crippen molar-refractivity contribution in [1.82, 2.24) is 0 Å². The Bertz CT molecular complexity index is 244. The second-order valence-corrected chi connectivity index (χ2v) is 2.41. The number of rotatable bonds is 1. The van der Waals surface area contributed by atoms with E-state index in [0.29, 0.717) is 0 Å². The topological polar surface area (TPSA) is 20.3 Å². The fourth-order valence-electron chi connectivity index (χ4n) is 0.833. The molecule has 0 saturated heterocycles. The smallest absolute Gasteiger partial charge is 0.223 e. The normalized spacial score (nSPS) is 8.31. The maximum absolute atomic E-state index is 10.9. The molecule has 0 heterocycles. The van der Waals surface area contributed by atoms with Crippen molar-refractivity contribution < 1.29 is 4.79 Å². The molecule has 0 saturated carbocycles. The van der Waals surface area contributed by atoms with Crippen LogP contribution in [0.15, 0.2) is 30.3 Å². The minimum absolute atomic E-state index is 0.0520. The molecule has 0 unspecified atom stereocenters. The molecular weight excluding hydrogens is 162 g/mol. The first-order chi connectivity index (χ1) is 6.22. The van der Waals surface area contributed by atoms with Gasteiger partial charge in [-0.25, -0.2) is 0 Å². The van der Waals surface area contributed by atoms with E-state index in [-0.39, 0.29) is 5.91 Å². The largest absolute Gasteiger partial charge is 0.316 e. The van der Waals surface area contributed by atoms with Crippen LogP contribution in [-0.4, -0.2) is 13.0 Å². The van der Waals surface area contributed by atoms with Crippen molar-refractivity contribution in [1.29, 1.82) is 0 Å². The van der Waals surface area contributed by atoms with Crippen molar-refractivity contribution in [2.75, 3.05) is 11.9 Å². The highest BCUT2D eigenvalue weighted by Gasteiger charge is 2.02. The van der Waals surface area contributed by atoms with Gasteiger partial charge in [0.1, 0.15) is 0 Å². The van der Waals surface area contributed by atoms with Gasteiger partial charge in [-0.15, -0.1) is 0 Å². The van der Waals surface area contributed by atoms with E-state index in [9.17, 15) is 4.79 Å². The lowest BCUT2D eigenvalue weighted by Gasteiger charge is -2.13. The lowest BCUT2D eigenvalue weighted by atomic mass is 10.3. The van der Waals surface area contributed by atoms with Crippen molar-refractivity contribution in [3.05, 3.63) is 30.3 Å². The van der Waals surface area contributed by atoms with Gasteiger partial charge in [-0.1, -0.05) is 32.0 Å². The van der Waals surface area contributed by atoms with Crippen LogP contribution in [-0.2, 0) is 4.79 Å². The van der Waals surface area contributed by atoms with Gasteiger partial charge in [-0.05, 0) is 12.1 Å². The molecule has 0 aliphatic rings. The summed E-state index contributed by atoms with van der Waals surface area (Å²) >= 11 is 0. The second kappa shape index (κ2) is 6.23. The number of hydrogen-bond donors (Lipinski definition) is 0. The maximum Gasteiger partial charge on any atom is 0.223 e.